The van der Waals surface area contributed by atoms with Gasteiger partial charge < -0.3 is 5.21 Å². The van der Waals surface area contributed by atoms with Crippen LogP contribution in [0.1, 0.15) is 37.8 Å². The van der Waals surface area contributed by atoms with Crippen molar-refractivity contribution >= 4 is 6.21 Å². The second-order valence-electron chi connectivity index (χ2n) is 4.39. The molecule has 0 spiro atoms. The van der Waals surface area contributed by atoms with Gasteiger partial charge >= 0.3 is 0 Å². The van der Waals surface area contributed by atoms with Gasteiger partial charge in [-0.3, -0.25) is 0 Å². The predicted octanol–water partition coefficient (Wildman–Crippen LogP) is 3.45. The van der Waals surface area contributed by atoms with Crippen LogP contribution in [0.2, 0.25) is 0 Å². The van der Waals surface area contributed by atoms with Crippen molar-refractivity contribution in [3.05, 3.63) is 35.4 Å². The van der Waals surface area contributed by atoms with E-state index in [4.69, 9.17) is 5.21 Å². The Morgan fingerprint density at radius 3 is 2.27 bits per heavy atom. The van der Waals surface area contributed by atoms with Gasteiger partial charge in [0.2, 0.25) is 0 Å². The summed E-state index contributed by atoms with van der Waals surface area (Å²) in [7, 11) is 0. The third-order valence-electron chi connectivity index (χ3n) is 2.44. The zero-order chi connectivity index (χ0) is 11.3. The van der Waals surface area contributed by atoms with E-state index in [-0.39, 0.29) is 5.92 Å². The molecule has 0 radical (unpaired) electrons. The average Bonchev–Trinajstić information content (AvgIpc) is 2.18. The molecule has 0 aliphatic rings. The van der Waals surface area contributed by atoms with Crippen molar-refractivity contribution in [2.45, 2.75) is 33.1 Å². The van der Waals surface area contributed by atoms with Gasteiger partial charge in [0.1, 0.15) is 0 Å². The maximum atomic E-state index is 8.44. The molecule has 1 aromatic carbocycles. The van der Waals surface area contributed by atoms with E-state index in [1.54, 1.807) is 0 Å². The van der Waals surface area contributed by atoms with E-state index < -0.39 is 0 Å². The Bertz CT molecular complexity index is 314. The highest BCUT2D eigenvalue weighted by Gasteiger charge is 2.03. The zero-order valence-electron chi connectivity index (χ0n) is 9.64. The average molecular weight is 205 g/mol. The molecule has 82 valence electrons. The summed E-state index contributed by atoms with van der Waals surface area (Å²) in [6.07, 6.45) is 2.65. The first-order chi connectivity index (χ1) is 7.13. The van der Waals surface area contributed by atoms with Crippen LogP contribution in [0.15, 0.2) is 29.4 Å². The SMILES string of the molecule is CC(C)Cc1ccc([C@@H](C)/C=N\O)cc1. The molecule has 1 aromatic rings. The number of benzene rings is 1. The third kappa shape index (κ3) is 3.74. The molecule has 0 heterocycles. The summed E-state index contributed by atoms with van der Waals surface area (Å²) in [5.74, 6) is 0.857. The van der Waals surface area contributed by atoms with Crippen LogP contribution in [0.5, 0.6) is 0 Å². The van der Waals surface area contributed by atoms with Gasteiger partial charge in [0.15, 0.2) is 0 Å². The number of oxime groups is 1. The van der Waals surface area contributed by atoms with E-state index in [9.17, 15) is 0 Å². The molecule has 15 heavy (non-hydrogen) atoms. The van der Waals surface area contributed by atoms with Crippen molar-refractivity contribution in [1.29, 1.82) is 0 Å². The quantitative estimate of drug-likeness (QED) is 0.456. The van der Waals surface area contributed by atoms with Gasteiger partial charge in [-0.25, -0.2) is 0 Å². The van der Waals surface area contributed by atoms with Crippen molar-refractivity contribution < 1.29 is 5.21 Å². The fourth-order valence-corrected chi connectivity index (χ4v) is 1.61. The molecule has 0 amide bonds. The normalized spacial score (nSPS) is 13.6. The molecule has 1 rings (SSSR count). The maximum Gasteiger partial charge on any atom is 0.0507 e. The molecule has 0 saturated carbocycles. The molecular formula is C13H19NO. The van der Waals surface area contributed by atoms with Gasteiger partial charge in [-0.2, -0.15) is 0 Å². The lowest BCUT2D eigenvalue weighted by molar-refractivity contribution is 0.320. The lowest BCUT2D eigenvalue weighted by Gasteiger charge is -2.08. The van der Waals surface area contributed by atoms with Crippen molar-refractivity contribution in [3.8, 4) is 0 Å². The van der Waals surface area contributed by atoms with Gasteiger partial charge in [-0.05, 0) is 23.5 Å². The minimum atomic E-state index is 0.170. The Morgan fingerprint density at radius 2 is 1.80 bits per heavy atom. The molecule has 2 heteroatoms. The lowest BCUT2D eigenvalue weighted by atomic mass is 9.97. The van der Waals surface area contributed by atoms with Crippen molar-refractivity contribution in [2.75, 3.05) is 0 Å². The van der Waals surface area contributed by atoms with Gasteiger partial charge in [0, 0.05) is 5.92 Å². The Balaban J connectivity index is 2.71. The molecule has 0 aromatic heterocycles. The summed E-state index contributed by atoms with van der Waals surface area (Å²) in [5.41, 5.74) is 2.54. The molecule has 0 fully saturated rings. The Labute approximate surface area is 91.6 Å². The molecule has 1 atom stereocenters. The van der Waals surface area contributed by atoms with Crippen LogP contribution in [0, 0.1) is 5.92 Å². The van der Waals surface area contributed by atoms with Crippen LogP contribution < -0.4 is 0 Å². The maximum absolute atomic E-state index is 8.44. The smallest absolute Gasteiger partial charge is 0.0507 e. The van der Waals surface area contributed by atoms with E-state index >= 15 is 0 Å². The molecule has 0 aliphatic heterocycles. The first-order valence-electron chi connectivity index (χ1n) is 5.40. The topological polar surface area (TPSA) is 32.6 Å². The molecule has 2 nitrogen and oxygen atoms in total. The monoisotopic (exact) mass is 205 g/mol. The fraction of sp³-hybridized carbons (Fsp3) is 0.462. The number of hydrogen-bond donors (Lipinski definition) is 1. The highest BCUT2D eigenvalue weighted by molar-refractivity contribution is 5.66. The summed E-state index contributed by atoms with van der Waals surface area (Å²) in [6, 6.07) is 8.50. The van der Waals surface area contributed by atoms with E-state index in [2.05, 4.69) is 43.3 Å². The fourth-order valence-electron chi connectivity index (χ4n) is 1.61. The Morgan fingerprint density at radius 1 is 1.20 bits per heavy atom. The van der Waals surface area contributed by atoms with E-state index in [1.807, 2.05) is 6.92 Å². The molecule has 0 aliphatic carbocycles. The van der Waals surface area contributed by atoms with Crippen LogP contribution in [0.25, 0.3) is 0 Å². The molecule has 0 saturated heterocycles. The summed E-state index contributed by atoms with van der Waals surface area (Å²) < 4.78 is 0. The predicted molar refractivity (Wildman–Crippen MR) is 63.7 cm³/mol. The van der Waals surface area contributed by atoms with Gasteiger partial charge in [0.05, 0.1) is 6.21 Å². The largest absolute Gasteiger partial charge is 0.411 e. The first-order valence-corrected chi connectivity index (χ1v) is 5.40. The van der Waals surface area contributed by atoms with E-state index in [0.29, 0.717) is 5.92 Å². The second-order valence-corrected chi connectivity index (χ2v) is 4.39. The number of nitrogens with zero attached hydrogens (tertiary/aromatic N) is 1. The van der Waals surface area contributed by atoms with Gasteiger partial charge in [-0.1, -0.05) is 45.0 Å². The molecular weight excluding hydrogens is 186 g/mol. The lowest BCUT2D eigenvalue weighted by Crippen LogP contribution is -1.97. The minimum Gasteiger partial charge on any atom is -0.411 e. The van der Waals surface area contributed by atoms with Crippen molar-refractivity contribution in [3.63, 3.8) is 0 Å². The van der Waals surface area contributed by atoms with Crippen LogP contribution in [0.3, 0.4) is 0 Å². The van der Waals surface area contributed by atoms with Crippen LogP contribution in [0.4, 0.5) is 0 Å². The molecule has 0 unspecified atom stereocenters. The Kier molecular flexibility index (Phi) is 4.35. The Hall–Kier alpha value is -1.31. The standard InChI is InChI=1S/C13H19NO/c1-10(2)8-12-4-6-13(7-5-12)11(3)9-14-15/h4-7,9-11,15H,8H2,1-3H3/b14-9-/t11-/m0/s1. The number of hydrogen-bond acceptors (Lipinski definition) is 2. The first kappa shape index (κ1) is 11.8. The molecule has 0 bridgehead atoms. The van der Waals surface area contributed by atoms with E-state index in [1.165, 1.54) is 17.3 Å². The summed E-state index contributed by atoms with van der Waals surface area (Å²) in [6.45, 7) is 6.45. The van der Waals surface area contributed by atoms with E-state index in [0.717, 1.165) is 6.42 Å². The van der Waals surface area contributed by atoms with Gasteiger partial charge in [0.25, 0.3) is 0 Å². The summed E-state index contributed by atoms with van der Waals surface area (Å²) in [4.78, 5) is 0. The van der Waals surface area contributed by atoms with Crippen LogP contribution in [-0.2, 0) is 6.42 Å². The van der Waals surface area contributed by atoms with Crippen LogP contribution in [-0.4, -0.2) is 11.4 Å². The minimum absolute atomic E-state index is 0.170. The summed E-state index contributed by atoms with van der Waals surface area (Å²) >= 11 is 0. The van der Waals surface area contributed by atoms with Crippen LogP contribution >= 0.6 is 0 Å². The van der Waals surface area contributed by atoms with Crippen molar-refractivity contribution in [1.82, 2.24) is 0 Å². The number of rotatable bonds is 4. The highest BCUT2D eigenvalue weighted by atomic mass is 16.4. The summed E-state index contributed by atoms with van der Waals surface area (Å²) in [5, 5.41) is 11.5. The zero-order valence-corrected chi connectivity index (χ0v) is 9.64. The van der Waals surface area contributed by atoms with Crippen molar-refractivity contribution in [2.24, 2.45) is 11.1 Å². The van der Waals surface area contributed by atoms with Gasteiger partial charge in [-0.15, -0.1) is 5.16 Å². The second kappa shape index (κ2) is 5.54. The third-order valence-corrected chi connectivity index (χ3v) is 2.44. The highest BCUT2D eigenvalue weighted by Crippen LogP contribution is 2.15. The molecule has 1 N–H and O–H groups in total.